The first kappa shape index (κ1) is 29.8. The summed E-state index contributed by atoms with van der Waals surface area (Å²) in [7, 11) is 0. The van der Waals surface area contributed by atoms with E-state index in [0.29, 0.717) is 19.3 Å². The van der Waals surface area contributed by atoms with E-state index in [2.05, 4.69) is 16.0 Å². The molecule has 0 saturated heterocycles. The number of aliphatic carboxylic acids is 1. The molecule has 0 aromatic rings. The summed E-state index contributed by atoms with van der Waals surface area (Å²) in [6.07, 6.45) is 0.501. The van der Waals surface area contributed by atoms with Crippen molar-refractivity contribution in [3.8, 4) is 0 Å². The molecule has 3 amide bonds. The Morgan fingerprint density at radius 2 is 1.06 bits per heavy atom. The lowest BCUT2D eigenvalue weighted by molar-refractivity contribution is -0.144. The van der Waals surface area contributed by atoms with Crippen molar-refractivity contribution < 1.29 is 29.4 Å². The molecule has 0 aliphatic carbocycles. The Balaban J connectivity index is 5.57. The average Bonchev–Trinajstić information content (AvgIpc) is 2.75. The Hall–Kier alpha value is -2.20. The van der Waals surface area contributed by atoms with Gasteiger partial charge in [-0.15, -0.1) is 0 Å². The molecule has 8 unspecified atom stereocenters. The Bertz CT molecular complexity index is 642. The Labute approximate surface area is 191 Å². The van der Waals surface area contributed by atoms with Crippen LogP contribution < -0.4 is 21.7 Å². The maximum Gasteiger partial charge on any atom is 0.326 e. The normalized spacial score (nSPS) is 18.8. The summed E-state index contributed by atoms with van der Waals surface area (Å²) in [6.45, 7) is 12.2. The summed E-state index contributed by atoms with van der Waals surface area (Å²) in [5.41, 5.74) is 5.92. The zero-order valence-electron chi connectivity index (χ0n) is 20.3. The average molecular weight is 459 g/mol. The van der Waals surface area contributed by atoms with Gasteiger partial charge >= 0.3 is 5.97 Å². The SMILES string of the molecule is CCC(C)C(N)C(=O)NC(C(=O)NC(C(=O)NC(C(=O)O)C(C)CC)C(C)CC)C(C)O. The predicted molar refractivity (Wildman–Crippen MR) is 121 cm³/mol. The topological polar surface area (TPSA) is 171 Å². The van der Waals surface area contributed by atoms with Gasteiger partial charge in [0.15, 0.2) is 0 Å². The van der Waals surface area contributed by atoms with Crippen LogP contribution in [0.1, 0.15) is 67.7 Å². The van der Waals surface area contributed by atoms with Crippen molar-refractivity contribution in [3.05, 3.63) is 0 Å². The first-order valence-electron chi connectivity index (χ1n) is 11.4. The first-order chi connectivity index (χ1) is 14.8. The van der Waals surface area contributed by atoms with E-state index in [4.69, 9.17) is 5.73 Å². The number of aliphatic hydroxyl groups is 1. The van der Waals surface area contributed by atoms with E-state index in [-0.39, 0.29) is 17.8 Å². The van der Waals surface area contributed by atoms with E-state index in [1.807, 2.05) is 20.8 Å². The van der Waals surface area contributed by atoms with Gasteiger partial charge in [0.1, 0.15) is 18.1 Å². The lowest BCUT2D eigenvalue weighted by Gasteiger charge is -2.30. The van der Waals surface area contributed by atoms with E-state index < -0.39 is 54.0 Å². The molecular formula is C22H42N4O6. The zero-order valence-corrected chi connectivity index (χ0v) is 20.3. The van der Waals surface area contributed by atoms with Crippen LogP contribution in [0.5, 0.6) is 0 Å². The highest BCUT2D eigenvalue weighted by atomic mass is 16.4. The molecule has 0 bridgehead atoms. The molecule has 0 heterocycles. The second-order valence-corrected chi connectivity index (χ2v) is 8.72. The fourth-order valence-electron chi connectivity index (χ4n) is 3.04. The minimum absolute atomic E-state index is 0.125. The van der Waals surface area contributed by atoms with Gasteiger partial charge in [-0.2, -0.15) is 0 Å². The molecule has 0 spiro atoms. The van der Waals surface area contributed by atoms with Crippen LogP contribution in [0.15, 0.2) is 0 Å². The van der Waals surface area contributed by atoms with Gasteiger partial charge in [-0.3, -0.25) is 14.4 Å². The Morgan fingerprint density at radius 1 is 0.688 bits per heavy atom. The van der Waals surface area contributed by atoms with Gasteiger partial charge in [0.05, 0.1) is 12.1 Å². The first-order valence-corrected chi connectivity index (χ1v) is 11.4. The fourth-order valence-corrected chi connectivity index (χ4v) is 3.04. The number of nitrogens with one attached hydrogen (secondary N) is 3. The summed E-state index contributed by atoms with van der Waals surface area (Å²) in [5, 5.41) is 27.1. The van der Waals surface area contributed by atoms with E-state index in [1.54, 1.807) is 20.8 Å². The molecule has 0 rings (SSSR count). The van der Waals surface area contributed by atoms with Gasteiger partial charge in [0.25, 0.3) is 0 Å². The number of carbonyl (C=O) groups is 4. The Kier molecular flexibility index (Phi) is 13.1. The third-order valence-electron chi connectivity index (χ3n) is 6.19. The molecule has 0 aromatic heterocycles. The van der Waals surface area contributed by atoms with Crippen molar-refractivity contribution in [2.75, 3.05) is 0 Å². The predicted octanol–water partition coefficient (Wildman–Crippen LogP) is 0.372. The highest BCUT2D eigenvalue weighted by Gasteiger charge is 2.35. The molecule has 10 nitrogen and oxygen atoms in total. The lowest BCUT2D eigenvalue weighted by atomic mass is 9.95. The van der Waals surface area contributed by atoms with Gasteiger partial charge in [-0.1, -0.05) is 60.8 Å². The summed E-state index contributed by atoms with van der Waals surface area (Å²) in [4.78, 5) is 49.8. The van der Waals surface area contributed by atoms with Crippen molar-refractivity contribution in [2.45, 2.75) is 98.0 Å². The van der Waals surface area contributed by atoms with Crippen LogP contribution in [-0.2, 0) is 19.2 Å². The van der Waals surface area contributed by atoms with Crippen molar-refractivity contribution in [2.24, 2.45) is 23.5 Å². The molecule has 0 aliphatic rings. The molecule has 8 atom stereocenters. The van der Waals surface area contributed by atoms with Gasteiger partial charge in [0, 0.05) is 0 Å². The molecular weight excluding hydrogens is 416 g/mol. The second-order valence-electron chi connectivity index (χ2n) is 8.72. The van der Waals surface area contributed by atoms with E-state index in [0.717, 1.165) is 0 Å². The highest BCUT2D eigenvalue weighted by Crippen LogP contribution is 2.13. The number of nitrogens with two attached hydrogens (primary N) is 1. The summed E-state index contributed by atoms with van der Waals surface area (Å²) in [6, 6.07) is -4.31. The maximum absolute atomic E-state index is 12.9. The molecule has 0 saturated carbocycles. The van der Waals surface area contributed by atoms with Crippen LogP contribution in [0.2, 0.25) is 0 Å². The monoisotopic (exact) mass is 458 g/mol. The highest BCUT2D eigenvalue weighted by molar-refractivity contribution is 5.94. The van der Waals surface area contributed by atoms with Crippen molar-refractivity contribution in [1.29, 1.82) is 0 Å². The zero-order chi connectivity index (χ0) is 25.2. The number of carbonyl (C=O) groups excluding carboxylic acids is 3. The number of aliphatic hydroxyl groups excluding tert-OH is 1. The fraction of sp³-hybridized carbons (Fsp3) is 0.818. The summed E-state index contributed by atoms with van der Waals surface area (Å²) in [5.74, 6) is -3.87. The number of hydrogen-bond donors (Lipinski definition) is 6. The van der Waals surface area contributed by atoms with Crippen LogP contribution in [0.4, 0.5) is 0 Å². The number of carboxylic acids is 1. The molecule has 0 aliphatic heterocycles. The van der Waals surface area contributed by atoms with Crippen LogP contribution >= 0.6 is 0 Å². The third-order valence-corrected chi connectivity index (χ3v) is 6.19. The summed E-state index contributed by atoms with van der Waals surface area (Å²) >= 11 is 0. The molecule has 10 heteroatoms. The Morgan fingerprint density at radius 3 is 1.47 bits per heavy atom. The van der Waals surface area contributed by atoms with Gasteiger partial charge < -0.3 is 31.9 Å². The van der Waals surface area contributed by atoms with E-state index in [1.165, 1.54) is 6.92 Å². The molecule has 0 radical (unpaired) electrons. The minimum atomic E-state index is -1.32. The van der Waals surface area contributed by atoms with E-state index >= 15 is 0 Å². The lowest BCUT2D eigenvalue weighted by Crippen LogP contribution is -2.61. The third kappa shape index (κ3) is 8.74. The van der Waals surface area contributed by atoms with Crippen LogP contribution in [0.3, 0.4) is 0 Å². The molecule has 32 heavy (non-hydrogen) atoms. The largest absolute Gasteiger partial charge is 0.480 e. The maximum atomic E-state index is 12.9. The van der Waals surface area contributed by atoms with Crippen LogP contribution in [-0.4, -0.2) is 64.2 Å². The van der Waals surface area contributed by atoms with Crippen LogP contribution in [0.25, 0.3) is 0 Å². The van der Waals surface area contributed by atoms with Gasteiger partial charge in [0.2, 0.25) is 17.7 Å². The standard InChI is InChI=1S/C22H42N4O6/c1-8-11(4)15(23)19(28)26-18(14(7)27)21(30)24-16(12(5)9-2)20(29)25-17(22(31)32)13(6)10-3/h11-18,27H,8-10,23H2,1-7H3,(H,24,30)(H,25,29)(H,26,28)(H,31,32). The van der Waals surface area contributed by atoms with E-state index in [9.17, 15) is 29.4 Å². The minimum Gasteiger partial charge on any atom is -0.480 e. The number of rotatable bonds is 14. The number of carboxylic acid groups (broad SMARTS) is 1. The molecule has 0 aromatic carbocycles. The van der Waals surface area contributed by atoms with Gasteiger partial charge in [-0.25, -0.2) is 4.79 Å². The second kappa shape index (κ2) is 14.1. The van der Waals surface area contributed by atoms with Crippen molar-refractivity contribution in [3.63, 3.8) is 0 Å². The van der Waals surface area contributed by atoms with Crippen LogP contribution in [0, 0.1) is 17.8 Å². The quantitative estimate of drug-likeness (QED) is 0.218. The number of hydrogen-bond acceptors (Lipinski definition) is 6. The smallest absolute Gasteiger partial charge is 0.326 e. The van der Waals surface area contributed by atoms with Crippen molar-refractivity contribution >= 4 is 23.7 Å². The summed E-state index contributed by atoms with van der Waals surface area (Å²) < 4.78 is 0. The molecule has 186 valence electrons. The molecule has 0 fully saturated rings. The van der Waals surface area contributed by atoms with Gasteiger partial charge in [-0.05, 0) is 24.7 Å². The molecule has 7 N–H and O–H groups in total. The van der Waals surface area contributed by atoms with Crippen molar-refractivity contribution in [1.82, 2.24) is 16.0 Å². The number of amides is 3.